The number of hydrogen-bond donors (Lipinski definition) is 0. The van der Waals surface area contributed by atoms with Crippen LogP contribution in [0.15, 0.2) is 0 Å². The average Bonchev–Trinajstić information content (AvgIpc) is 1.41. The molecule has 0 aromatic carbocycles. The van der Waals surface area contributed by atoms with E-state index in [1.165, 1.54) is 0 Å². The topological polar surface area (TPSA) is 23.8 Å². The second-order valence-corrected chi connectivity index (χ2v) is 1.10. The van der Waals surface area contributed by atoms with E-state index in [9.17, 15) is 0 Å². The van der Waals surface area contributed by atoms with Crippen LogP contribution in [0.2, 0.25) is 0 Å². The van der Waals surface area contributed by atoms with Gasteiger partial charge < -0.3 is 22.7 Å². The van der Waals surface area contributed by atoms with Crippen LogP contribution in [-0.2, 0) is 0 Å². The van der Waals surface area contributed by atoms with E-state index in [1.54, 1.807) is 0 Å². The van der Waals surface area contributed by atoms with E-state index in [1.807, 2.05) is 0 Å². The van der Waals surface area contributed by atoms with E-state index in [-0.39, 0.29) is 40.0 Å². The molecule has 0 aliphatic carbocycles. The maximum atomic E-state index is 6.60. The van der Waals surface area contributed by atoms with Gasteiger partial charge in [-0.25, -0.2) is 0 Å². The second kappa shape index (κ2) is 15.7. The summed E-state index contributed by atoms with van der Waals surface area (Å²) in [7, 11) is 0. The first kappa shape index (κ1) is 15.7. The first-order valence-corrected chi connectivity index (χ1v) is 2.06. The van der Waals surface area contributed by atoms with E-state index < -0.39 is 0 Å². The zero-order valence-corrected chi connectivity index (χ0v) is 7.71. The van der Waals surface area contributed by atoms with Crippen molar-refractivity contribution in [1.29, 1.82) is 0 Å². The molecular weight excluding hydrogens is 166 g/mol. The minimum atomic E-state index is 0. The van der Waals surface area contributed by atoms with Crippen molar-refractivity contribution in [2.24, 2.45) is 0 Å². The van der Waals surface area contributed by atoms with Crippen molar-refractivity contribution in [1.82, 2.24) is 0 Å². The summed E-state index contributed by atoms with van der Waals surface area (Å²) >= 11 is 0. The van der Waals surface area contributed by atoms with Crippen molar-refractivity contribution < 1.29 is 17.0 Å². The minimum Gasteiger partial charge on any atom is -1.00 e. The molecular formula is C4H10BrMgN. The zero-order chi connectivity index (χ0) is 4.12. The Kier molecular flexibility index (Phi) is 35.2. The molecule has 0 atom stereocenters. The molecule has 0 aliphatic heterocycles. The Labute approximate surface area is 72.0 Å². The predicted molar refractivity (Wildman–Crippen MR) is 29.9 cm³/mol. The van der Waals surface area contributed by atoms with E-state index >= 15 is 0 Å². The number of rotatable bonds is 2. The number of unbranched alkanes of at least 4 members (excludes halogenated alkanes) is 1. The Morgan fingerprint density at radius 2 is 1.86 bits per heavy atom. The third-order valence-corrected chi connectivity index (χ3v) is 0.530. The fourth-order valence-electron chi connectivity index (χ4n) is 0.177. The summed E-state index contributed by atoms with van der Waals surface area (Å²) in [5.74, 6) is 0. The normalized spacial score (nSPS) is 6.00. The van der Waals surface area contributed by atoms with Crippen LogP contribution in [-0.4, -0.2) is 29.6 Å². The first-order chi connectivity index (χ1) is 2.41. The molecule has 0 saturated heterocycles. The maximum Gasteiger partial charge on any atom is 2.00 e. The van der Waals surface area contributed by atoms with Gasteiger partial charge in [-0.3, -0.25) is 0 Å². The summed E-state index contributed by atoms with van der Waals surface area (Å²) in [6.07, 6.45) is 2.21. The molecule has 0 bridgehead atoms. The molecule has 7 heavy (non-hydrogen) atoms. The predicted octanol–water partition coefficient (Wildman–Crippen LogP) is -1.54. The van der Waals surface area contributed by atoms with E-state index in [2.05, 4.69) is 6.92 Å². The largest absolute Gasteiger partial charge is 2.00 e. The molecule has 3 heteroatoms. The van der Waals surface area contributed by atoms with Crippen molar-refractivity contribution in [3.05, 3.63) is 5.73 Å². The van der Waals surface area contributed by atoms with Crippen LogP contribution in [0.25, 0.3) is 5.73 Å². The van der Waals surface area contributed by atoms with Gasteiger partial charge in [-0.15, -0.1) is 0 Å². The van der Waals surface area contributed by atoms with Gasteiger partial charge in [0.05, 0.1) is 0 Å². The van der Waals surface area contributed by atoms with Gasteiger partial charge in [-0.05, 0) is 0 Å². The monoisotopic (exact) mass is 175 g/mol. The molecule has 0 saturated carbocycles. The van der Waals surface area contributed by atoms with Gasteiger partial charge in [-0.2, -0.15) is 6.54 Å². The molecule has 40 valence electrons. The number of nitrogens with one attached hydrogen (secondary N) is 1. The Morgan fingerprint density at radius 1 is 1.43 bits per heavy atom. The van der Waals surface area contributed by atoms with Gasteiger partial charge in [0.25, 0.3) is 0 Å². The van der Waals surface area contributed by atoms with Gasteiger partial charge in [-0.1, -0.05) is 19.8 Å². The first-order valence-electron chi connectivity index (χ1n) is 2.06. The number of hydrogen-bond acceptors (Lipinski definition) is 0. The van der Waals surface area contributed by atoms with Crippen LogP contribution >= 0.6 is 0 Å². The van der Waals surface area contributed by atoms with Crippen LogP contribution in [0.4, 0.5) is 0 Å². The molecule has 0 amide bonds. The van der Waals surface area contributed by atoms with Crippen LogP contribution in [0, 0.1) is 0 Å². The summed E-state index contributed by atoms with van der Waals surface area (Å²) in [5, 5.41) is 0. The fraction of sp³-hybridized carbons (Fsp3) is 1.00. The quantitative estimate of drug-likeness (QED) is 0.456. The summed E-state index contributed by atoms with van der Waals surface area (Å²) in [5.41, 5.74) is 6.60. The molecule has 0 aromatic rings. The summed E-state index contributed by atoms with van der Waals surface area (Å²) in [6.45, 7) is 2.69. The smallest absolute Gasteiger partial charge is 1.00 e. The molecule has 1 N–H and O–H groups in total. The van der Waals surface area contributed by atoms with Crippen LogP contribution in [0.5, 0.6) is 0 Å². The van der Waals surface area contributed by atoms with Crippen molar-refractivity contribution in [2.45, 2.75) is 19.8 Å². The van der Waals surface area contributed by atoms with E-state index in [0.717, 1.165) is 12.8 Å². The van der Waals surface area contributed by atoms with Gasteiger partial charge in [0.2, 0.25) is 0 Å². The van der Waals surface area contributed by atoms with E-state index in [4.69, 9.17) is 5.73 Å². The third kappa shape index (κ3) is 19.0. The van der Waals surface area contributed by atoms with Gasteiger partial charge in [0.15, 0.2) is 0 Å². The van der Waals surface area contributed by atoms with Crippen molar-refractivity contribution in [2.75, 3.05) is 6.54 Å². The summed E-state index contributed by atoms with van der Waals surface area (Å²) < 4.78 is 0. The zero-order valence-electron chi connectivity index (χ0n) is 4.71. The SMILES string of the molecule is CCCC[NH-].[Br-].[Mg+2]. The maximum absolute atomic E-state index is 6.60. The molecule has 0 aromatic heterocycles. The van der Waals surface area contributed by atoms with Gasteiger partial charge in [0.1, 0.15) is 0 Å². The fourth-order valence-corrected chi connectivity index (χ4v) is 0.177. The molecule has 1 nitrogen and oxygen atoms in total. The van der Waals surface area contributed by atoms with Gasteiger partial charge >= 0.3 is 23.1 Å². The Bertz CT molecular complexity index is 19.2. The van der Waals surface area contributed by atoms with Crippen LogP contribution < -0.4 is 17.0 Å². The van der Waals surface area contributed by atoms with Crippen molar-refractivity contribution >= 4 is 23.1 Å². The number of halogens is 1. The molecule has 0 aliphatic rings. The Balaban J connectivity index is -0.0000000800. The molecule has 0 heterocycles. The molecule has 0 fully saturated rings. The Hall–Kier alpha value is 1.21. The Morgan fingerprint density at radius 3 is 1.86 bits per heavy atom. The molecule has 0 rings (SSSR count). The molecule has 0 spiro atoms. The summed E-state index contributed by atoms with van der Waals surface area (Å²) in [4.78, 5) is 0. The van der Waals surface area contributed by atoms with Crippen molar-refractivity contribution in [3.63, 3.8) is 0 Å². The standard InChI is InChI=1S/C4H10N.BrH.Mg/c1-2-3-4-5;;/h5H,2-4H2,1H3;1H;/q-1;;+2/p-1. The van der Waals surface area contributed by atoms with Crippen LogP contribution in [0.1, 0.15) is 19.8 Å². The average molecular weight is 176 g/mol. The van der Waals surface area contributed by atoms with E-state index in [0.29, 0.717) is 6.54 Å². The minimum absolute atomic E-state index is 0. The molecule has 0 radical (unpaired) electrons. The third-order valence-electron chi connectivity index (χ3n) is 0.530. The summed E-state index contributed by atoms with van der Waals surface area (Å²) in [6, 6.07) is 0. The van der Waals surface area contributed by atoms with Crippen molar-refractivity contribution in [3.8, 4) is 0 Å². The second-order valence-electron chi connectivity index (χ2n) is 1.10. The van der Waals surface area contributed by atoms with Crippen LogP contribution in [0.3, 0.4) is 0 Å². The van der Waals surface area contributed by atoms with Gasteiger partial charge in [0, 0.05) is 0 Å². The molecule has 0 unspecified atom stereocenters.